The zero-order chi connectivity index (χ0) is 40.4. The minimum Gasteiger partial charge on any atom is -0.371 e. The van der Waals surface area contributed by atoms with Gasteiger partial charge in [-0.1, -0.05) is 20.6 Å². The number of nitrogens with one attached hydrogen (secondary N) is 3. The van der Waals surface area contributed by atoms with Gasteiger partial charge in [0.15, 0.2) is 11.4 Å². The molecule has 1 aliphatic heterocycles. The third kappa shape index (κ3) is 8.21. The molecule has 17 heteroatoms. The van der Waals surface area contributed by atoms with Crippen molar-refractivity contribution in [2.24, 2.45) is 0 Å². The second kappa shape index (κ2) is 18.1. The van der Waals surface area contributed by atoms with Gasteiger partial charge < -0.3 is 30.5 Å². The monoisotopic (exact) mass is 975 g/mol. The van der Waals surface area contributed by atoms with Gasteiger partial charge >= 0.3 is 0 Å². The van der Waals surface area contributed by atoms with E-state index in [0.717, 1.165) is 12.8 Å². The summed E-state index contributed by atoms with van der Waals surface area (Å²) >= 11 is 5.65. The molecule has 3 heterocycles. The van der Waals surface area contributed by atoms with Gasteiger partial charge in [-0.05, 0) is 124 Å². The van der Waals surface area contributed by atoms with Gasteiger partial charge in [0.2, 0.25) is 5.91 Å². The van der Waals surface area contributed by atoms with Crippen LogP contribution in [0.3, 0.4) is 0 Å². The smallest absolute Gasteiger partial charge is 0.272 e. The number of thiocarbonyl (C=S) groups is 1. The topological polar surface area (TPSA) is 145 Å². The summed E-state index contributed by atoms with van der Waals surface area (Å²) in [6.07, 6.45) is 7.49. The summed E-state index contributed by atoms with van der Waals surface area (Å²) in [5, 5.41) is 8.55. The molecule has 1 saturated heterocycles. The minimum atomic E-state index is -0.871. The van der Waals surface area contributed by atoms with Crippen LogP contribution in [0.2, 0.25) is 0 Å². The number of aryl methyl sites for hydroxylation is 2. The summed E-state index contributed by atoms with van der Waals surface area (Å²) in [6.45, 7) is 17.7. The van der Waals surface area contributed by atoms with Crippen LogP contribution in [-0.4, -0.2) is 57.2 Å². The maximum absolute atomic E-state index is 14.6. The number of pyridine rings is 2. The molecule has 4 aromatic rings. The zero-order valence-electron chi connectivity index (χ0n) is 31.0. The number of amides is 3. The number of halogens is 2. The first-order valence-electron chi connectivity index (χ1n) is 17.5. The summed E-state index contributed by atoms with van der Waals surface area (Å²) in [5.74, 6) is -1.71. The van der Waals surface area contributed by atoms with Crippen LogP contribution >= 0.6 is 12.2 Å². The van der Waals surface area contributed by atoms with Gasteiger partial charge in [-0.3, -0.25) is 24.1 Å². The van der Waals surface area contributed by atoms with Crippen LogP contribution in [0, 0.1) is 38.6 Å². The molecule has 2 saturated carbocycles. The van der Waals surface area contributed by atoms with Crippen molar-refractivity contribution in [3.63, 3.8) is 0 Å². The van der Waals surface area contributed by atoms with Gasteiger partial charge in [-0.15, -0.1) is 9.97 Å². The van der Waals surface area contributed by atoms with Gasteiger partial charge in [0.1, 0.15) is 35.1 Å². The molecule has 0 atom stereocenters. The Morgan fingerprint density at radius 2 is 1.52 bits per heavy atom. The number of aldehydes is 1. The van der Waals surface area contributed by atoms with E-state index in [4.69, 9.17) is 25.4 Å². The summed E-state index contributed by atoms with van der Waals surface area (Å²) < 4.78 is 28.4. The molecule has 13 nitrogen and oxygen atoms in total. The van der Waals surface area contributed by atoms with Crippen molar-refractivity contribution in [2.45, 2.75) is 70.9 Å². The van der Waals surface area contributed by atoms with E-state index in [-0.39, 0.29) is 62.4 Å². The number of benzene rings is 2. The molecule has 0 unspecified atom stereocenters. The summed E-state index contributed by atoms with van der Waals surface area (Å²) in [4.78, 5) is 66.6. The predicted octanol–water partition coefficient (Wildman–Crippen LogP) is 8.00. The largest absolute Gasteiger partial charge is 0.371 e. The molecule has 298 valence electrons. The molecular formula is C41H39F2N9O4SW. The molecule has 3 N–H and O–H groups in total. The van der Waals surface area contributed by atoms with Crippen LogP contribution < -0.4 is 25.8 Å². The number of rotatable bonds is 8. The fourth-order valence-electron chi connectivity index (χ4n) is 6.88. The van der Waals surface area contributed by atoms with E-state index >= 15 is 0 Å². The van der Waals surface area contributed by atoms with Crippen molar-refractivity contribution in [2.75, 3.05) is 27.5 Å². The number of carbonyl (C=O) groups is 4. The average Bonchev–Trinajstić information content (AvgIpc) is 3.39. The fourth-order valence-corrected chi connectivity index (χ4v) is 7.35. The Morgan fingerprint density at radius 3 is 2.02 bits per heavy atom. The van der Waals surface area contributed by atoms with Crippen molar-refractivity contribution in [1.29, 1.82) is 0 Å². The Morgan fingerprint density at radius 1 is 0.879 bits per heavy atom. The summed E-state index contributed by atoms with van der Waals surface area (Å²) in [7, 11) is 1.43. The van der Waals surface area contributed by atoms with Crippen LogP contribution in [0.15, 0.2) is 60.9 Å². The van der Waals surface area contributed by atoms with Crippen LogP contribution in [0.4, 0.5) is 43.2 Å². The number of hydrogen-bond acceptors (Lipinski definition) is 8. The molecule has 2 aromatic heterocycles. The third-order valence-corrected chi connectivity index (χ3v) is 10.6. The molecule has 2 aliphatic carbocycles. The first kappa shape index (κ1) is 44.7. The number of anilines is 4. The van der Waals surface area contributed by atoms with Crippen molar-refractivity contribution >= 4 is 75.7 Å². The van der Waals surface area contributed by atoms with Crippen LogP contribution in [-0.2, 0) is 30.7 Å². The molecule has 0 radical (unpaired) electrons. The second-order valence-electron chi connectivity index (χ2n) is 13.7. The second-order valence-corrected chi connectivity index (χ2v) is 14.0. The molecule has 7 rings (SSSR count). The van der Waals surface area contributed by atoms with Gasteiger partial charge in [-0.2, -0.15) is 0 Å². The molecule has 1 spiro atoms. The maximum atomic E-state index is 14.6. The summed E-state index contributed by atoms with van der Waals surface area (Å²) in [5.41, 5.74) is 1.37. The summed E-state index contributed by atoms with van der Waals surface area (Å²) in [6, 6.07) is 11.8. The number of nitrogens with zero attached hydrogens (tertiary/aromatic N) is 6. The number of carbonyl (C=O) groups excluding carboxylic acids is 4. The number of aromatic nitrogens is 2. The fraction of sp³-hybridized carbons (Fsp3) is 0.293. The Hall–Kier alpha value is -5.96. The van der Waals surface area contributed by atoms with E-state index in [1.54, 1.807) is 43.0 Å². The zero-order valence-corrected chi connectivity index (χ0v) is 34.7. The average molecular weight is 976 g/mol. The van der Waals surface area contributed by atoms with E-state index in [9.17, 15) is 28.0 Å². The van der Waals surface area contributed by atoms with E-state index in [2.05, 4.69) is 35.6 Å². The minimum absolute atomic E-state index is 0. The van der Waals surface area contributed by atoms with E-state index in [1.807, 2.05) is 0 Å². The van der Waals surface area contributed by atoms with E-state index < -0.39 is 28.6 Å². The van der Waals surface area contributed by atoms with Crippen molar-refractivity contribution in [3.05, 3.63) is 118 Å². The van der Waals surface area contributed by atoms with Gasteiger partial charge in [0.25, 0.3) is 23.5 Å². The van der Waals surface area contributed by atoms with Crippen LogP contribution in [0.5, 0.6) is 0 Å². The Labute approximate surface area is 354 Å². The Balaban J connectivity index is 0.000000251. The molecule has 3 amide bonds. The van der Waals surface area contributed by atoms with E-state index in [0.29, 0.717) is 71.7 Å². The molecule has 2 aromatic carbocycles. The molecular weight excluding hydrogens is 936 g/mol. The van der Waals surface area contributed by atoms with E-state index in [1.165, 1.54) is 48.6 Å². The first-order valence-corrected chi connectivity index (χ1v) is 17.9. The standard InChI is InChI=1S/C21H18FN5O2S.C19H17FN4O2.CH4.W/c1-12-9-14(11-25-17(12)23-2)26-19(29)21(7-4-8-21)27(20(26)30)13-5-6-15(16(22)10-13)18(28)24-3;1-12-8-15(10-22-17(12)21-2)23-18(26)19(6-3-7-19)24-14-5-4-13(11-25)16(20)9-14;;/h5-6,9-11H,4,7-8H2,1,3H3,(H,24,28);4-5,8-11,24H,3,6-7H2,1H3,(H,23,26);1H4;. The maximum Gasteiger partial charge on any atom is 0.272 e. The Kier molecular flexibility index (Phi) is 14.0. The first-order chi connectivity index (χ1) is 26.8. The normalized spacial score (nSPS) is 15.4. The van der Waals surface area contributed by atoms with Gasteiger partial charge in [0, 0.05) is 39.5 Å². The predicted molar refractivity (Wildman–Crippen MR) is 217 cm³/mol. The van der Waals surface area contributed by atoms with Gasteiger partial charge in [0.05, 0.1) is 22.5 Å². The van der Waals surface area contributed by atoms with Crippen molar-refractivity contribution in [3.8, 4) is 0 Å². The quantitative estimate of drug-likeness (QED) is 0.0909. The van der Waals surface area contributed by atoms with Gasteiger partial charge in [-0.25, -0.2) is 8.78 Å². The number of hydrogen-bond donors (Lipinski definition) is 3. The SMILES string of the molecule is C.[C-]#[N+]c1ncc(N2C(=O)C3(CCC3)N(c3ccc(C(=O)NC)c(F)c3)C2=S)cc1C.[C-]#[N+]c1ncc(NC(=O)C2(Nc3ccc(C=O)c(F)c3)CCC2)cc1C.[W]. The van der Waals surface area contributed by atoms with Crippen molar-refractivity contribution in [1.82, 2.24) is 15.3 Å². The molecule has 0 bridgehead atoms. The third-order valence-electron chi connectivity index (χ3n) is 10.2. The Bertz CT molecular complexity index is 2390. The van der Waals surface area contributed by atoms with Crippen molar-refractivity contribution < 1.29 is 49.0 Å². The van der Waals surface area contributed by atoms with Crippen LogP contribution in [0.1, 0.15) is 77.8 Å². The molecule has 3 aliphatic rings. The molecule has 3 fully saturated rings. The van der Waals surface area contributed by atoms with Crippen LogP contribution in [0.25, 0.3) is 9.69 Å². The molecule has 58 heavy (non-hydrogen) atoms.